The lowest BCUT2D eigenvalue weighted by Crippen LogP contribution is -2.38. The first-order valence-electron chi connectivity index (χ1n) is 9.09. The van der Waals surface area contributed by atoms with E-state index in [1.165, 1.54) is 12.1 Å². The highest BCUT2D eigenvalue weighted by molar-refractivity contribution is 8.19. The van der Waals surface area contributed by atoms with E-state index in [4.69, 9.17) is 16.3 Å². The first-order valence-corrected chi connectivity index (χ1v) is 13.2. The van der Waals surface area contributed by atoms with Gasteiger partial charge < -0.3 is 4.74 Å². The van der Waals surface area contributed by atoms with Gasteiger partial charge in [0, 0.05) is 5.02 Å². The summed E-state index contributed by atoms with van der Waals surface area (Å²) >= 11 is 9.56. The maximum Gasteiger partial charge on any atom is 0.335 e. The van der Waals surface area contributed by atoms with Crippen LogP contribution in [0.2, 0.25) is 5.02 Å². The number of hydrogen-bond acceptors (Lipinski definition) is 6. The van der Waals surface area contributed by atoms with Gasteiger partial charge in [-0.15, -0.1) is 23.5 Å². The summed E-state index contributed by atoms with van der Waals surface area (Å²) < 4.78 is 44.5. The van der Waals surface area contributed by atoms with Crippen LogP contribution >= 0.6 is 35.1 Å². The minimum absolute atomic E-state index is 0.0657. The zero-order valence-corrected chi connectivity index (χ0v) is 18.7. The van der Waals surface area contributed by atoms with Gasteiger partial charge in [0.25, 0.3) is 0 Å². The standard InChI is InChI=1S/C19H22ClFO4S3/c1-2-25-18(22)15-11-19(26-8-3-9-27-19)7-6-17(15)28(23,24)12-13-4-5-14(21)10-16(13)20/h4-5,10-11,17H,2-3,6-9,12H2,1H3. The second-order valence-corrected chi connectivity index (χ2v) is 12.5. The monoisotopic (exact) mass is 464 g/mol. The molecule has 28 heavy (non-hydrogen) atoms. The second-order valence-electron chi connectivity index (χ2n) is 6.75. The molecular weight excluding hydrogens is 443 g/mol. The summed E-state index contributed by atoms with van der Waals surface area (Å²) in [5.74, 6) is 0.530. The molecule has 154 valence electrons. The van der Waals surface area contributed by atoms with Crippen molar-refractivity contribution in [2.24, 2.45) is 0 Å². The van der Waals surface area contributed by atoms with Gasteiger partial charge in [0.05, 0.1) is 27.3 Å². The quantitative estimate of drug-likeness (QED) is 0.593. The molecule has 1 heterocycles. The average molecular weight is 465 g/mol. The number of sulfone groups is 1. The van der Waals surface area contributed by atoms with Gasteiger partial charge in [-0.05, 0) is 61.5 Å². The SMILES string of the molecule is CCOC(=O)C1=CC2(CCC1S(=O)(=O)Cc1ccc(F)cc1Cl)SCCCS2. The molecule has 1 atom stereocenters. The summed E-state index contributed by atoms with van der Waals surface area (Å²) in [5.41, 5.74) is 0.543. The number of carbonyl (C=O) groups excluding carboxylic acids is 1. The van der Waals surface area contributed by atoms with E-state index in [1.807, 2.05) is 6.08 Å². The van der Waals surface area contributed by atoms with Crippen LogP contribution in [0.1, 0.15) is 31.7 Å². The number of benzene rings is 1. The van der Waals surface area contributed by atoms with Gasteiger partial charge >= 0.3 is 5.97 Å². The van der Waals surface area contributed by atoms with Crippen LogP contribution in [0.15, 0.2) is 29.8 Å². The third-order valence-electron chi connectivity index (χ3n) is 4.78. The highest BCUT2D eigenvalue weighted by atomic mass is 35.5. The molecule has 1 spiro atoms. The van der Waals surface area contributed by atoms with Crippen molar-refractivity contribution in [3.8, 4) is 0 Å². The Labute approximate surface area is 178 Å². The number of hydrogen-bond donors (Lipinski definition) is 0. The highest BCUT2D eigenvalue weighted by Gasteiger charge is 2.44. The van der Waals surface area contributed by atoms with Gasteiger partial charge in [0.1, 0.15) is 5.82 Å². The van der Waals surface area contributed by atoms with Crippen molar-refractivity contribution in [2.75, 3.05) is 18.1 Å². The van der Waals surface area contributed by atoms with E-state index in [1.54, 1.807) is 30.4 Å². The predicted molar refractivity (Wildman–Crippen MR) is 114 cm³/mol. The van der Waals surface area contributed by atoms with E-state index < -0.39 is 26.9 Å². The van der Waals surface area contributed by atoms with Crippen LogP contribution < -0.4 is 0 Å². The topological polar surface area (TPSA) is 60.4 Å². The lowest BCUT2D eigenvalue weighted by molar-refractivity contribution is -0.138. The van der Waals surface area contributed by atoms with Crippen LogP contribution in [0.5, 0.6) is 0 Å². The first kappa shape index (κ1) is 22.0. The van der Waals surface area contributed by atoms with Gasteiger partial charge in [-0.25, -0.2) is 17.6 Å². The third-order valence-corrected chi connectivity index (χ3v) is 10.5. The summed E-state index contributed by atoms with van der Waals surface area (Å²) in [7, 11) is -3.73. The Kier molecular flexibility index (Phi) is 7.05. The minimum Gasteiger partial charge on any atom is -0.463 e. The molecule has 1 aliphatic carbocycles. The van der Waals surface area contributed by atoms with Crippen molar-refractivity contribution in [2.45, 2.75) is 41.3 Å². The molecule has 4 nitrogen and oxygen atoms in total. The van der Waals surface area contributed by atoms with Crippen LogP contribution in [0.25, 0.3) is 0 Å². The Balaban J connectivity index is 1.93. The molecule has 1 aromatic carbocycles. The van der Waals surface area contributed by atoms with Gasteiger partial charge in [0.15, 0.2) is 9.84 Å². The molecule has 1 aromatic rings. The van der Waals surface area contributed by atoms with E-state index in [9.17, 15) is 17.6 Å². The zero-order chi connectivity index (χ0) is 20.4. The van der Waals surface area contributed by atoms with E-state index in [0.717, 1.165) is 24.0 Å². The molecule has 0 radical (unpaired) electrons. The Morgan fingerprint density at radius 3 is 2.71 bits per heavy atom. The van der Waals surface area contributed by atoms with Gasteiger partial charge in [0.2, 0.25) is 0 Å². The van der Waals surface area contributed by atoms with E-state index in [2.05, 4.69) is 0 Å². The van der Waals surface area contributed by atoms with Crippen LogP contribution in [-0.4, -0.2) is 41.8 Å². The summed E-state index contributed by atoms with van der Waals surface area (Å²) in [5, 5.41) is -0.877. The molecule has 2 aliphatic rings. The highest BCUT2D eigenvalue weighted by Crippen LogP contribution is 2.51. The largest absolute Gasteiger partial charge is 0.463 e. The fraction of sp³-hybridized carbons (Fsp3) is 0.526. The molecular formula is C19H22ClFO4S3. The second kappa shape index (κ2) is 8.98. The van der Waals surface area contributed by atoms with Crippen molar-refractivity contribution in [1.82, 2.24) is 0 Å². The van der Waals surface area contributed by atoms with Gasteiger partial charge in [-0.3, -0.25) is 0 Å². The van der Waals surface area contributed by atoms with Crippen LogP contribution in [-0.2, 0) is 25.1 Å². The molecule has 0 aromatic heterocycles. The lowest BCUT2D eigenvalue weighted by Gasteiger charge is -2.39. The number of carbonyl (C=O) groups is 1. The van der Waals surface area contributed by atoms with Crippen LogP contribution in [0.3, 0.4) is 0 Å². The van der Waals surface area contributed by atoms with Gasteiger partial charge in [-0.2, -0.15) is 0 Å². The van der Waals surface area contributed by atoms with E-state index >= 15 is 0 Å². The number of rotatable bonds is 5. The maximum atomic E-state index is 13.3. The van der Waals surface area contributed by atoms with Crippen molar-refractivity contribution in [1.29, 1.82) is 0 Å². The number of halogens is 2. The van der Waals surface area contributed by atoms with Crippen molar-refractivity contribution >= 4 is 50.9 Å². The molecule has 1 unspecified atom stereocenters. The molecule has 0 saturated carbocycles. The smallest absolute Gasteiger partial charge is 0.335 e. The predicted octanol–water partition coefficient (Wildman–Crippen LogP) is 4.61. The fourth-order valence-corrected chi connectivity index (χ4v) is 8.90. The lowest BCUT2D eigenvalue weighted by atomic mass is 9.98. The Morgan fingerprint density at radius 1 is 1.36 bits per heavy atom. The Bertz CT molecular complexity index is 879. The van der Waals surface area contributed by atoms with Crippen molar-refractivity contribution in [3.05, 3.63) is 46.3 Å². The summed E-state index contributed by atoms with van der Waals surface area (Å²) in [6, 6.07) is 3.66. The molecule has 0 amide bonds. The molecule has 3 rings (SSSR count). The Morgan fingerprint density at radius 2 is 2.07 bits per heavy atom. The molecule has 9 heteroatoms. The molecule has 1 aliphatic heterocycles. The van der Waals surface area contributed by atoms with E-state index in [0.29, 0.717) is 18.4 Å². The zero-order valence-electron chi connectivity index (χ0n) is 15.5. The molecule has 0 N–H and O–H groups in total. The molecule has 1 saturated heterocycles. The third kappa shape index (κ3) is 4.89. The summed E-state index contributed by atoms with van der Waals surface area (Å²) in [6.07, 6.45) is 3.94. The summed E-state index contributed by atoms with van der Waals surface area (Å²) in [4.78, 5) is 12.6. The number of ether oxygens (including phenoxy) is 1. The number of esters is 1. The van der Waals surface area contributed by atoms with Gasteiger partial charge in [-0.1, -0.05) is 17.7 Å². The van der Waals surface area contributed by atoms with Crippen molar-refractivity contribution in [3.63, 3.8) is 0 Å². The average Bonchev–Trinajstić information content (AvgIpc) is 2.64. The van der Waals surface area contributed by atoms with Crippen LogP contribution in [0.4, 0.5) is 4.39 Å². The maximum absolute atomic E-state index is 13.3. The first-order chi connectivity index (χ1) is 13.3. The normalized spacial score (nSPS) is 22.0. The van der Waals surface area contributed by atoms with E-state index in [-0.39, 0.29) is 27.0 Å². The van der Waals surface area contributed by atoms with Crippen molar-refractivity contribution < 1.29 is 22.3 Å². The van der Waals surface area contributed by atoms with Crippen LogP contribution in [0, 0.1) is 5.82 Å². The fourth-order valence-electron chi connectivity index (χ4n) is 3.44. The number of thioether (sulfide) groups is 2. The molecule has 0 bridgehead atoms. The summed E-state index contributed by atoms with van der Waals surface area (Å²) in [6.45, 7) is 1.88. The molecule has 1 fully saturated rings. The Hall–Kier alpha value is -0.700. The minimum atomic E-state index is -3.73.